The van der Waals surface area contributed by atoms with E-state index >= 15 is 0 Å². The molecule has 0 bridgehead atoms. The Morgan fingerprint density at radius 2 is 1.74 bits per heavy atom. The lowest BCUT2D eigenvalue weighted by Crippen LogP contribution is -2.53. The van der Waals surface area contributed by atoms with Crippen molar-refractivity contribution in [3.8, 4) is 0 Å². The van der Waals surface area contributed by atoms with Gasteiger partial charge < -0.3 is 14.5 Å². The lowest BCUT2D eigenvalue weighted by molar-refractivity contribution is -0.145. The summed E-state index contributed by atoms with van der Waals surface area (Å²) in [6, 6.07) is 6.39. The van der Waals surface area contributed by atoms with Gasteiger partial charge in [-0.25, -0.2) is 4.79 Å². The predicted octanol–water partition coefficient (Wildman–Crippen LogP) is 0.278. The normalized spacial score (nSPS) is 15.7. The van der Waals surface area contributed by atoms with Crippen molar-refractivity contribution in [1.82, 2.24) is 4.90 Å². The standard InChI is InChI=1S/C13H14N2O4/c1-14-7-8-15(12(17)11(14)16)10-5-3-9(4-6-10)13(18)19-2/h3-6H,7-8H2,1-2H3. The van der Waals surface area contributed by atoms with E-state index in [1.807, 2.05) is 0 Å². The molecule has 100 valence electrons. The largest absolute Gasteiger partial charge is 0.465 e. The summed E-state index contributed by atoms with van der Waals surface area (Å²) < 4.78 is 4.59. The van der Waals surface area contributed by atoms with Crippen LogP contribution in [0.5, 0.6) is 0 Å². The van der Waals surface area contributed by atoms with Crippen LogP contribution in [0.25, 0.3) is 0 Å². The molecule has 0 saturated carbocycles. The second-order valence-electron chi connectivity index (χ2n) is 4.22. The zero-order chi connectivity index (χ0) is 14.0. The van der Waals surface area contributed by atoms with Crippen LogP contribution in [0, 0.1) is 0 Å². The number of hydrogen-bond acceptors (Lipinski definition) is 4. The Balaban J connectivity index is 2.21. The number of likely N-dealkylation sites (N-methyl/N-ethyl adjacent to an activating group) is 1. The predicted molar refractivity (Wildman–Crippen MR) is 67.8 cm³/mol. The summed E-state index contributed by atoms with van der Waals surface area (Å²) in [5.41, 5.74) is 0.998. The Morgan fingerprint density at radius 3 is 2.32 bits per heavy atom. The molecule has 1 aromatic rings. The molecule has 1 aliphatic heterocycles. The van der Waals surface area contributed by atoms with E-state index in [1.54, 1.807) is 31.3 Å². The fourth-order valence-corrected chi connectivity index (χ4v) is 1.87. The van der Waals surface area contributed by atoms with Crippen molar-refractivity contribution in [3.63, 3.8) is 0 Å². The van der Waals surface area contributed by atoms with Gasteiger partial charge in [-0.3, -0.25) is 9.59 Å². The zero-order valence-electron chi connectivity index (χ0n) is 10.8. The highest BCUT2D eigenvalue weighted by molar-refractivity contribution is 6.40. The fraction of sp³-hybridized carbons (Fsp3) is 0.308. The third-order valence-corrected chi connectivity index (χ3v) is 3.03. The molecule has 1 saturated heterocycles. The Hall–Kier alpha value is -2.37. The minimum Gasteiger partial charge on any atom is -0.465 e. The van der Waals surface area contributed by atoms with Crippen molar-refractivity contribution < 1.29 is 19.1 Å². The first-order valence-corrected chi connectivity index (χ1v) is 5.80. The number of methoxy groups -OCH3 is 1. The van der Waals surface area contributed by atoms with Crippen LogP contribution < -0.4 is 4.90 Å². The summed E-state index contributed by atoms with van der Waals surface area (Å²) in [5, 5.41) is 0. The van der Waals surface area contributed by atoms with Gasteiger partial charge >= 0.3 is 17.8 Å². The fourth-order valence-electron chi connectivity index (χ4n) is 1.87. The molecular weight excluding hydrogens is 248 g/mol. The van der Waals surface area contributed by atoms with Gasteiger partial charge in [-0.2, -0.15) is 0 Å². The van der Waals surface area contributed by atoms with Gasteiger partial charge in [-0.05, 0) is 24.3 Å². The maximum Gasteiger partial charge on any atom is 0.337 e. The van der Waals surface area contributed by atoms with Crippen LogP contribution in [-0.4, -0.2) is 49.9 Å². The van der Waals surface area contributed by atoms with E-state index in [9.17, 15) is 14.4 Å². The van der Waals surface area contributed by atoms with Crippen molar-refractivity contribution in [2.45, 2.75) is 0 Å². The zero-order valence-corrected chi connectivity index (χ0v) is 10.8. The Bertz CT molecular complexity index is 524. The summed E-state index contributed by atoms with van der Waals surface area (Å²) in [6.07, 6.45) is 0. The average molecular weight is 262 g/mol. The number of rotatable bonds is 2. The number of piperazine rings is 1. The lowest BCUT2D eigenvalue weighted by atomic mass is 10.1. The molecule has 19 heavy (non-hydrogen) atoms. The number of esters is 1. The monoisotopic (exact) mass is 262 g/mol. The Morgan fingerprint density at radius 1 is 1.11 bits per heavy atom. The van der Waals surface area contributed by atoms with Crippen molar-refractivity contribution in [2.24, 2.45) is 0 Å². The van der Waals surface area contributed by atoms with Crippen molar-refractivity contribution in [1.29, 1.82) is 0 Å². The number of ether oxygens (including phenoxy) is 1. The molecule has 1 aliphatic rings. The maximum atomic E-state index is 11.9. The van der Waals surface area contributed by atoms with E-state index < -0.39 is 17.8 Å². The highest BCUT2D eigenvalue weighted by atomic mass is 16.5. The van der Waals surface area contributed by atoms with E-state index in [4.69, 9.17) is 0 Å². The number of anilines is 1. The van der Waals surface area contributed by atoms with Gasteiger partial charge in [0.05, 0.1) is 12.7 Å². The molecule has 6 nitrogen and oxygen atoms in total. The van der Waals surface area contributed by atoms with Gasteiger partial charge in [-0.1, -0.05) is 0 Å². The first kappa shape index (κ1) is 13.1. The maximum absolute atomic E-state index is 11.9. The minimum atomic E-state index is -0.556. The molecule has 0 spiro atoms. The summed E-state index contributed by atoms with van der Waals surface area (Å²) in [4.78, 5) is 37.5. The quantitative estimate of drug-likeness (QED) is 0.567. The van der Waals surface area contributed by atoms with E-state index in [-0.39, 0.29) is 0 Å². The van der Waals surface area contributed by atoms with E-state index in [2.05, 4.69) is 4.74 Å². The third kappa shape index (κ3) is 2.42. The number of nitrogens with zero attached hydrogens (tertiary/aromatic N) is 2. The first-order chi connectivity index (χ1) is 9.04. The second kappa shape index (κ2) is 5.09. The number of amides is 2. The summed E-state index contributed by atoms with van der Waals surface area (Å²) in [6.45, 7) is 0.933. The second-order valence-corrected chi connectivity index (χ2v) is 4.22. The van der Waals surface area contributed by atoms with Crippen molar-refractivity contribution >= 4 is 23.5 Å². The molecule has 0 aliphatic carbocycles. The molecule has 0 N–H and O–H groups in total. The Kier molecular flexibility index (Phi) is 3.50. The smallest absolute Gasteiger partial charge is 0.337 e. The molecule has 1 heterocycles. The van der Waals surface area contributed by atoms with Gasteiger partial charge in [0.25, 0.3) is 0 Å². The van der Waals surface area contributed by atoms with E-state index in [0.717, 1.165) is 0 Å². The van der Waals surface area contributed by atoms with Crippen LogP contribution in [0.2, 0.25) is 0 Å². The lowest BCUT2D eigenvalue weighted by Gasteiger charge is -2.31. The minimum absolute atomic E-state index is 0.402. The molecule has 0 radical (unpaired) electrons. The van der Waals surface area contributed by atoms with Crippen LogP contribution in [0.15, 0.2) is 24.3 Å². The molecule has 0 aromatic heterocycles. The molecule has 1 aromatic carbocycles. The molecule has 0 atom stereocenters. The van der Waals surface area contributed by atoms with Gasteiger partial charge in [0.15, 0.2) is 0 Å². The molecule has 1 fully saturated rings. The van der Waals surface area contributed by atoms with Crippen LogP contribution >= 0.6 is 0 Å². The Labute approximate surface area is 110 Å². The number of hydrogen-bond donors (Lipinski definition) is 0. The highest BCUT2D eigenvalue weighted by Gasteiger charge is 2.31. The summed E-state index contributed by atoms with van der Waals surface area (Å²) >= 11 is 0. The van der Waals surface area contributed by atoms with E-state index in [1.165, 1.54) is 16.9 Å². The van der Waals surface area contributed by atoms with Crippen LogP contribution in [0.4, 0.5) is 5.69 Å². The van der Waals surface area contributed by atoms with Crippen LogP contribution in [0.3, 0.4) is 0 Å². The van der Waals surface area contributed by atoms with Crippen molar-refractivity contribution in [2.75, 3.05) is 32.1 Å². The molecule has 2 rings (SSSR count). The van der Waals surface area contributed by atoms with Gasteiger partial charge in [-0.15, -0.1) is 0 Å². The highest BCUT2D eigenvalue weighted by Crippen LogP contribution is 2.18. The SMILES string of the molecule is COC(=O)c1ccc(N2CCN(C)C(=O)C2=O)cc1. The first-order valence-electron chi connectivity index (χ1n) is 5.80. The molecule has 2 amide bonds. The third-order valence-electron chi connectivity index (χ3n) is 3.03. The molecule has 6 heteroatoms. The summed E-state index contributed by atoms with van der Waals surface area (Å²) in [5.74, 6) is -1.52. The molecular formula is C13H14N2O4. The summed E-state index contributed by atoms with van der Waals surface area (Å²) in [7, 11) is 2.90. The average Bonchev–Trinajstić information content (AvgIpc) is 2.44. The number of carbonyl (C=O) groups excluding carboxylic acids is 3. The topological polar surface area (TPSA) is 66.9 Å². The van der Waals surface area contributed by atoms with Gasteiger partial charge in [0.2, 0.25) is 0 Å². The number of benzene rings is 1. The van der Waals surface area contributed by atoms with E-state index in [0.29, 0.717) is 24.3 Å². The van der Waals surface area contributed by atoms with Crippen LogP contribution in [0.1, 0.15) is 10.4 Å². The van der Waals surface area contributed by atoms with Crippen molar-refractivity contribution in [3.05, 3.63) is 29.8 Å². The van der Waals surface area contributed by atoms with Gasteiger partial charge in [0.1, 0.15) is 0 Å². The van der Waals surface area contributed by atoms with Gasteiger partial charge in [0, 0.05) is 25.8 Å². The molecule has 0 unspecified atom stereocenters. The van der Waals surface area contributed by atoms with Crippen LogP contribution in [-0.2, 0) is 14.3 Å². The number of carbonyl (C=O) groups is 3.